The van der Waals surface area contributed by atoms with Crippen molar-refractivity contribution in [1.29, 1.82) is 0 Å². The molecule has 0 aromatic carbocycles. The molecular formula is C22H43N3O7. The van der Waals surface area contributed by atoms with Crippen LogP contribution >= 0.6 is 0 Å². The second-order valence-electron chi connectivity index (χ2n) is 8.55. The summed E-state index contributed by atoms with van der Waals surface area (Å²) in [6.45, 7) is 9.57. The lowest BCUT2D eigenvalue weighted by Gasteiger charge is -2.38. The molecule has 10 heteroatoms. The number of aliphatic hydroxyl groups excluding tert-OH is 3. The maximum atomic E-state index is 13.5. The van der Waals surface area contributed by atoms with Crippen LogP contribution in [-0.4, -0.2) is 87.1 Å². The zero-order valence-electron chi connectivity index (χ0n) is 20.3. The van der Waals surface area contributed by atoms with Crippen LogP contribution in [-0.2, 0) is 14.4 Å². The zero-order chi connectivity index (χ0) is 25.1. The van der Waals surface area contributed by atoms with Crippen LogP contribution in [0.2, 0.25) is 0 Å². The first-order valence-corrected chi connectivity index (χ1v) is 11.4. The summed E-state index contributed by atoms with van der Waals surface area (Å²) in [5.41, 5.74) is -0.977. The van der Waals surface area contributed by atoms with Gasteiger partial charge in [-0.3, -0.25) is 9.59 Å². The molecule has 0 bridgehead atoms. The number of hydrogen-bond acceptors (Lipinski definition) is 8. The number of carbonyl (C=O) groups excluding carboxylic acids is 2. The summed E-state index contributed by atoms with van der Waals surface area (Å²) in [4.78, 5) is 36.5. The Balaban J connectivity index is 5.24. The Labute approximate surface area is 191 Å². The lowest BCUT2D eigenvalue weighted by molar-refractivity contribution is -0.157. The SMILES string of the molecule is CCC(C)(CC)NC(CCC(=O)NCC(O)C(O)C(O)C(=O)O)C(=O)C(CC)(CC)NC. The third-order valence-electron chi connectivity index (χ3n) is 6.70. The molecule has 0 aliphatic carbocycles. The zero-order valence-corrected chi connectivity index (χ0v) is 20.3. The summed E-state index contributed by atoms with van der Waals surface area (Å²) < 4.78 is 0. The summed E-state index contributed by atoms with van der Waals surface area (Å²) in [5, 5.41) is 46.4. The second kappa shape index (κ2) is 13.8. The first kappa shape index (κ1) is 30.4. The number of Topliss-reactive ketones (excluding diaryl/α,β-unsaturated/α-hetero) is 1. The van der Waals surface area contributed by atoms with E-state index in [1.807, 2.05) is 34.6 Å². The smallest absolute Gasteiger partial charge is 0.335 e. The van der Waals surface area contributed by atoms with Crippen LogP contribution < -0.4 is 16.0 Å². The molecule has 1 amide bonds. The molecule has 0 rings (SSSR count). The van der Waals surface area contributed by atoms with Crippen molar-refractivity contribution in [2.24, 2.45) is 0 Å². The summed E-state index contributed by atoms with van der Waals surface area (Å²) in [7, 11) is 1.76. The van der Waals surface area contributed by atoms with Gasteiger partial charge in [0.1, 0.15) is 12.2 Å². The lowest BCUT2D eigenvalue weighted by atomic mass is 9.81. The van der Waals surface area contributed by atoms with Gasteiger partial charge in [-0.05, 0) is 46.1 Å². The highest BCUT2D eigenvalue weighted by atomic mass is 16.4. The minimum absolute atomic E-state index is 0.00837. The van der Waals surface area contributed by atoms with E-state index in [0.29, 0.717) is 12.8 Å². The normalized spacial score (nSPS) is 16.2. The van der Waals surface area contributed by atoms with E-state index in [-0.39, 0.29) is 24.2 Å². The summed E-state index contributed by atoms with van der Waals surface area (Å²) in [6.07, 6.45) is -2.70. The number of likely N-dealkylation sites (N-methyl/N-ethyl adjacent to an activating group) is 1. The summed E-state index contributed by atoms with van der Waals surface area (Å²) in [6, 6.07) is -0.567. The number of aliphatic carboxylic acids is 1. The third kappa shape index (κ3) is 8.40. The van der Waals surface area contributed by atoms with Gasteiger partial charge in [-0.15, -0.1) is 0 Å². The van der Waals surface area contributed by atoms with Crippen LogP contribution in [0.3, 0.4) is 0 Å². The first-order chi connectivity index (χ1) is 14.9. The van der Waals surface area contributed by atoms with Crippen molar-refractivity contribution >= 4 is 17.7 Å². The Hall–Kier alpha value is -1.59. The molecule has 0 aromatic rings. The van der Waals surface area contributed by atoms with E-state index in [1.165, 1.54) is 0 Å². The van der Waals surface area contributed by atoms with Crippen molar-refractivity contribution in [3.8, 4) is 0 Å². The van der Waals surface area contributed by atoms with E-state index < -0.39 is 48.3 Å². The Morgan fingerprint density at radius 1 is 0.938 bits per heavy atom. The van der Waals surface area contributed by atoms with Gasteiger partial charge in [-0.2, -0.15) is 0 Å². The van der Waals surface area contributed by atoms with Gasteiger partial charge < -0.3 is 36.4 Å². The van der Waals surface area contributed by atoms with E-state index in [9.17, 15) is 29.7 Å². The van der Waals surface area contributed by atoms with E-state index in [0.717, 1.165) is 12.8 Å². The Kier molecular flexibility index (Phi) is 13.2. The van der Waals surface area contributed by atoms with Crippen LogP contribution in [0.4, 0.5) is 0 Å². The molecule has 4 atom stereocenters. The average Bonchev–Trinajstić information content (AvgIpc) is 2.80. The average molecular weight is 462 g/mol. The van der Waals surface area contributed by atoms with Crippen LogP contribution in [0.15, 0.2) is 0 Å². The van der Waals surface area contributed by atoms with Crippen LogP contribution in [0.5, 0.6) is 0 Å². The fraction of sp³-hybridized carbons (Fsp3) is 0.864. The third-order valence-corrected chi connectivity index (χ3v) is 6.70. The minimum atomic E-state index is -2.16. The van der Waals surface area contributed by atoms with Gasteiger partial charge >= 0.3 is 5.97 Å². The summed E-state index contributed by atoms with van der Waals surface area (Å²) >= 11 is 0. The number of nitrogens with one attached hydrogen (secondary N) is 3. The predicted molar refractivity (Wildman–Crippen MR) is 121 cm³/mol. The number of hydrogen-bond donors (Lipinski definition) is 7. The van der Waals surface area contributed by atoms with Gasteiger partial charge in [0.25, 0.3) is 0 Å². The molecular weight excluding hydrogens is 418 g/mol. The highest BCUT2D eigenvalue weighted by Gasteiger charge is 2.40. The van der Waals surface area contributed by atoms with Crippen LogP contribution in [0.25, 0.3) is 0 Å². The van der Waals surface area contributed by atoms with Gasteiger partial charge in [-0.25, -0.2) is 4.79 Å². The largest absolute Gasteiger partial charge is 0.479 e. The molecule has 4 unspecified atom stereocenters. The fourth-order valence-corrected chi connectivity index (χ4v) is 3.61. The molecule has 0 aliphatic heterocycles. The van der Waals surface area contributed by atoms with Gasteiger partial charge in [0.05, 0.1) is 11.6 Å². The first-order valence-electron chi connectivity index (χ1n) is 11.4. The highest BCUT2D eigenvalue weighted by molar-refractivity contribution is 5.93. The monoisotopic (exact) mass is 461 g/mol. The molecule has 0 saturated heterocycles. The van der Waals surface area contributed by atoms with Crippen molar-refractivity contribution in [3.05, 3.63) is 0 Å². The number of aliphatic hydroxyl groups is 3. The molecule has 0 radical (unpaired) electrons. The van der Waals surface area contributed by atoms with Crippen molar-refractivity contribution in [3.63, 3.8) is 0 Å². The summed E-state index contributed by atoms with van der Waals surface area (Å²) in [5.74, 6) is -2.14. The molecule has 0 heterocycles. The minimum Gasteiger partial charge on any atom is -0.479 e. The molecule has 188 valence electrons. The molecule has 0 fully saturated rings. The van der Waals surface area contributed by atoms with E-state index in [4.69, 9.17) is 5.11 Å². The number of carboxylic acid groups (broad SMARTS) is 1. The Bertz CT molecular complexity index is 598. The van der Waals surface area contributed by atoms with E-state index in [1.54, 1.807) is 7.05 Å². The number of carboxylic acids is 1. The predicted octanol–water partition coefficient (Wildman–Crippen LogP) is -0.0657. The second-order valence-corrected chi connectivity index (χ2v) is 8.55. The number of ketones is 1. The number of amides is 1. The maximum absolute atomic E-state index is 13.5. The molecule has 10 nitrogen and oxygen atoms in total. The molecule has 7 N–H and O–H groups in total. The quantitative estimate of drug-likeness (QED) is 0.157. The molecule has 0 saturated carbocycles. The lowest BCUT2D eigenvalue weighted by Crippen LogP contribution is -2.60. The van der Waals surface area contributed by atoms with Crippen molar-refractivity contribution in [1.82, 2.24) is 16.0 Å². The molecule has 32 heavy (non-hydrogen) atoms. The molecule has 0 aromatic heterocycles. The van der Waals surface area contributed by atoms with Gasteiger partial charge in [0.15, 0.2) is 11.9 Å². The van der Waals surface area contributed by atoms with Crippen LogP contribution in [0, 0.1) is 0 Å². The maximum Gasteiger partial charge on any atom is 0.335 e. The van der Waals surface area contributed by atoms with Gasteiger partial charge in [0.2, 0.25) is 5.91 Å². The Morgan fingerprint density at radius 2 is 1.47 bits per heavy atom. The van der Waals surface area contributed by atoms with Crippen molar-refractivity contribution in [2.75, 3.05) is 13.6 Å². The highest BCUT2D eigenvalue weighted by Crippen LogP contribution is 2.23. The van der Waals surface area contributed by atoms with E-state index >= 15 is 0 Å². The standard InChI is InChI=1S/C22H43N3O7/c1-7-21(5,8-2)25-14(19(30)22(9-3,10-4)23-6)11-12-16(27)24-13-15(26)17(28)18(29)20(31)32/h14-15,17-18,23,25-26,28-29H,7-13H2,1-6H3,(H,24,27)(H,31,32). The van der Waals surface area contributed by atoms with Crippen LogP contribution in [0.1, 0.15) is 73.1 Å². The van der Waals surface area contributed by atoms with Crippen molar-refractivity contribution in [2.45, 2.75) is 109 Å². The van der Waals surface area contributed by atoms with Gasteiger partial charge in [-0.1, -0.05) is 27.7 Å². The molecule has 0 aliphatic rings. The van der Waals surface area contributed by atoms with Crippen molar-refractivity contribution < 1.29 is 34.8 Å². The fourth-order valence-electron chi connectivity index (χ4n) is 3.61. The topological polar surface area (TPSA) is 168 Å². The number of rotatable bonds is 17. The Morgan fingerprint density at radius 3 is 1.88 bits per heavy atom. The van der Waals surface area contributed by atoms with Gasteiger partial charge in [0, 0.05) is 18.5 Å². The van der Waals surface area contributed by atoms with E-state index in [2.05, 4.69) is 16.0 Å². The number of carbonyl (C=O) groups is 3. The molecule has 0 spiro atoms.